The number of amides is 2. The SMILES string of the molecule is O=C1CN(C(=O)c2ccc(Br)cc2)C(c2ccccc2)c2cc(Br)ccc2N1. The summed E-state index contributed by atoms with van der Waals surface area (Å²) in [5.74, 6) is -0.406. The molecule has 2 amide bonds. The van der Waals surface area contributed by atoms with Gasteiger partial charge in [0.05, 0.1) is 6.04 Å². The van der Waals surface area contributed by atoms with Crippen molar-refractivity contribution in [1.82, 2.24) is 4.90 Å². The van der Waals surface area contributed by atoms with Gasteiger partial charge in [0.25, 0.3) is 5.91 Å². The fourth-order valence-corrected chi connectivity index (χ4v) is 4.06. The van der Waals surface area contributed by atoms with E-state index in [0.29, 0.717) is 11.3 Å². The number of hydrogen-bond acceptors (Lipinski definition) is 2. The molecule has 0 saturated heterocycles. The Bertz CT molecular complexity index is 1040. The van der Waals surface area contributed by atoms with Gasteiger partial charge >= 0.3 is 0 Å². The maximum absolute atomic E-state index is 13.4. The van der Waals surface area contributed by atoms with Crippen LogP contribution in [0.15, 0.2) is 81.7 Å². The maximum Gasteiger partial charge on any atom is 0.255 e. The molecule has 3 aromatic rings. The first-order valence-electron chi connectivity index (χ1n) is 8.74. The molecule has 1 aliphatic rings. The summed E-state index contributed by atoms with van der Waals surface area (Å²) in [5.41, 5.74) is 3.07. The van der Waals surface area contributed by atoms with E-state index < -0.39 is 0 Å². The molecule has 6 heteroatoms. The molecule has 1 atom stereocenters. The normalized spacial score (nSPS) is 16.1. The van der Waals surface area contributed by atoms with Gasteiger partial charge in [-0.1, -0.05) is 62.2 Å². The lowest BCUT2D eigenvalue weighted by Crippen LogP contribution is -2.38. The molecular weight excluding hydrogens is 484 g/mol. The van der Waals surface area contributed by atoms with Crippen LogP contribution >= 0.6 is 31.9 Å². The quantitative estimate of drug-likeness (QED) is 0.513. The lowest BCUT2D eigenvalue weighted by Gasteiger charge is -2.30. The smallest absolute Gasteiger partial charge is 0.255 e. The molecule has 4 rings (SSSR count). The second-order valence-corrected chi connectivity index (χ2v) is 8.36. The predicted molar refractivity (Wildman–Crippen MR) is 116 cm³/mol. The molecule has 0 fully saturated rings. The molecule has 0 radical (unpaired) electrons. The summed E-state index contributed by atoms with van der Waals surface area (Å²) in [7, 11) is 0. The van der Waals surface area contributed by atoms with Crippen molar-refractivity contribution in [2.24, 2.45) is 0 Å². The Hall–Kier alpha value is -2.44. The van der Waals surface area contributed by atoms with E-state index in [1.54, 1.807) is 17.0 Å². The highest BCUT2D eigenvalue weighted by atomic mass is 79.9. The van der Waals surface area contributed by atoms with Crippen LogP contribution in [0.5, 0.6) is 0 Å². The van der Waals surface area contributed by atoms with Gasteiger partial charge in [-0.3, -0.25) is 9.59 Å². The van der Waals surface area contributed by atoms with E-state index in [0.717, 1.165) is 20.1 Å². The van der Waals surface area contributed by atoms with Crippen molar-refractivity contribution in [3.8, 4) is 0 Å². The molecule has 0 aromatic heterocycles. The molecule has 0 saturated carbocycles. The van der Waals surface area contributed by atoms with Crippen molar-refractivity contribution < 1.29 is 9.59 Å². The van der Waals surface area contributed by atoms with Gasteiger partial charge in [-0.05, 0) is 48.0 Å². The van der Waals surface area contributed by atoms with Gasteiger partial charge in [0.2, 0.25) is 5.91 Å². The van der Waals surface area contributed by atoms with Crippen molar-refractivity contribution in [2.75, 3.05) is 11.9 Å². The standard InChI is InChI=1S/C22H16Br2N2O2/c23-16-8-6-15(7-9-16)22(28)26-13-20(27)25-19-11-10-17(24)12-18(19)21(26)14-4-2-1-3-5-14/h1-12,21H,13H2,(H,25,27). The third-order valence-electron chi connectivity index (χ3n) is 4.68. The number of halogens is 2. The molecule has 1 N–H and O–H groups in total. The molecule has 1 aliphatic heterocycles. The van der Waals surface area contributed by atoms with Gasteiger partial charge in [0, 0.05) is 25.8 Å². The van der Waals surface area contributed by atoms with Crippen molar-refractivity contribution in [1.29, 1.82) is 0 Å². The molecule has 140 valence electrons. The molecule has 0 aliphatic carbocycles. The highest BCUT2D eigenvalue weighted by Gasteiger charge is 2.34. The summed E-state index contributed by atoms with van der Waals surface area (Å²) in [4.78, 5) is 27.6. The second-order valence-electron chi connectivity index (χ2n) is 6.53. The van der Waals surface area contributed by atoms with Gasteiger partial charge < -0.3 is 10.2 Å². The van der Waals surface area contributed by atoms with E-state index >= 15 is 0 Å². The Morgan fingerprint density at radius 2 is 1.61 bits per heavy atom. The number of anilines is 1. The zero-order valence-corrected chi connectivity index (χ0v) is 17.9. The van der Waals surface area contributed by atoms with Crippen LogP contribution in [0.2, 0.25) is 0 Å². The van der Waals surface area contributed by atoms with Crippen LogP contribution in [-0.4, -0.2) is 23.3 Å². The van der Waals surface area contributed by atoms with Crippen LogP contribution in [0.25, 0.3) is 0 Å². The van der Waals surface area contributed by atoms with Gasteiger partial charge in [0.15, 0.2) is 0 Å². The number of nitrogens with zero attached hydrogens (tertiary/aromatic N) is 1. The minimum absolute atomic E-state index is 0.0270. The Morgan fingerprint density at radius 3 is 2.32 bits per heavy atom. The van der Waals surface area contributed by atoms with E-state index in [2.05, 4.69) is 37.2 Å². The third kappa shape index (κ3) is 3.75. The van der Waals surface area contributed by atoms with Crippen LogP contribution < -0.4 is 5.32 Å². The van der Waals surface area contributed by atoms with Crippen molar-refractivity contribution in [3.05, 3.63) is 98.4 Å². The Balaban J connectivity index is 1.88. The highest BCUT2D eigenvalue weighted by molar-refractivity contribution is 9.10. The van der Waals surface area contributed by atoms with Gasteiger partial charge in [0.1, 0.15) is 6.54 Å². The largest absolute Gasteiger partial charge is 0.324 e. The summed E-state index contributed by atoms with van der Waals surface area (Å²) in [6.07, 6.45) is 0. The molecule has 0 bridgehead atoms. The van der Waals surface area contributed by atoms with E-state index in [4.69, 9.17) is 0 Å². The van der Waals surface area contributed by atoms with Crippen LogP contribution in [0.4, 0.5) is 5.69 Å². The zero-order chi connectivity index (χ0) is 19.7. The maximum atomic E-state index is 13.4. The summed E-state index contributed by atoms with van der Waals surface area (Å²) in [6, 6.07) is 22.3. The number of benzene rings is 3. The first-order valence-corrected chi connectivity index (χ1v) is 10.3. The Morgan fingerprint density at radius 1 is 0.929 bits per heavy atom. The average Bonchev–Trinajstić information content (AvgIpc) is 2.84. The van der Waals surface area contributed by atoms with Crippen molar-refractivity contribution >= 4 is 49.4 Å². The Kier molecular flexibility index (Phi) is 5.33. The number of carbonyl (C=O) groups excluding carboxylic acids is 2. The molecule has 4 nitrogen and oxygen atoms in total. The summed E-state index contributed by atoms with van der Waals surface area (Å²) < 4.78 is 1.78. The molecule has 1 unspecified atom stereocenters. The topological polar surface area (TPSA) is 49.4 Å². The molecular formula is C22H16Br2N2O2. The number of nitrogens with one attached hydrogen (secondary N) is 1. The highest BCUT2D eigenvalue weighted by Crippen LogP contribution is 2.38. The van der Waals surface area contributed by atoms with Crippen LogP contribution in [0, 0.1) is 0 Å². The number of rotatable bonds is 2. The monoisotopic (exact) mass is 498 g/mol. The lowest BCUT2D eigenvalue weighted by atomic mass is 9.95. The fourth-order valence-electron chi connectivity index (χ4n) is 3.42. The third-order valence-corrected chi connectivity index (χ3v) is 5.70. The first kappa shape index (κ1) is 18.9. The van der Waals surface area contributed by atoms with E-state index in [1.165, 1.54) is 0 Å². The summed E-state index contributed by atoms with van der Waals surface area (Å²) in [6.45, 7) is -0.0270. The lowest BCUT2D eigenvalue weighted by molar-refractivity contribution is -0.117. The minimum atomic E-state index is -0.385. The van der Waals surface area contributed by atoms with E-state index in [1.807, 2.05) is 60.7 Å². The number of hydrogen-bond donors (Lipinski definition) is 1. The van der Waals surface area contributed by atoms with Gasteiger partial charge in [-0.2, -0.15) is 0 Å². The molecule has 3 aromatic carbocycles. The van der Waals surface area contributed by atoms with Crippen LogP contribution in [-0.2, 0) is 4.79 Å². The number of fused-ring (bicyclic) bond motifs is 1. The van der Waals surface area contributed by atoms with Crippen molar-refractivity contribution in [3.63, 3.8) is 0 Å². The zero-order valence-electron chi connectivity index (χ0n) is 14.7. The molecule has 1 heterocycles. The summed E-state index contributed by atoms with van der Waals surface area (Å²) in [5, 5.41) is 2.93. The Labute approximate surface area is 179 Å². The van der Waals surface area contributed by atoms with E-state index in [-0.39, 0.29) is 24.4 Å². The minimum Gasteiger partial charge on any atom is -0.324 e. The summed E-state index contributed by atoms with van der Waals surface area (Å²) >= 11 is 6.92. The second kappa shape index (κ2) is 7.89. The average molecular weight is 500 g/mol. The van der Waals surface area contributed by atoms with Crippen molar-refractivity contribution in [2.45, 2.75) is 6.04 Å². The van der Waals surface area contributed by atoms with Crippen LogP contribution in [0.1, 0.15) is 27.5 Å². The fraction of sp³-hybridized carbons (Fsp3) is 0.0909. The predicted octanol–water partition coefficient (Wildman–Crippen LogP) is 5.40. The number of carbonyl (C=O) groups is 2. The van der Waals surface area contributed by atoms with E-state index in [9.17, 15) is 9.59 Å². The molecule has 0 spiro atoms. The van der Waals surface area contributed by atoms with Gasteiger partial charge in [-0.25, -0.2) is 0 Å². The first-order chi connectivity index (χ1) is 13.5. The van der Waals surface area contributed by atoms with Gasteiger partial charge in [-0.15, -0.1) is 0 Å². The molecule has 28 heavy (non-hydrogen) atoms. The van der Waals surface area contributed by atoms with Crippen LogP contribution in [0.3, 0.4) is 0 Å².